The topological polar surface area (TPSA) is 67.6 Å². The molecule has 20 heavy (non-hydrogen) atoms. The van der Waals surface area contributed by atoms with Crippen LogP contribution in [0.1, 0.15) is 5.69 Å². The summed E-state index contributed by atoms with van der Waals surface area (Å²) in [4.78, 5) is 4.04. The van der Waals surface area contributed by atoms with Crippen LogP contribution >= 0.6 is 11.6 Å². The highest BCUT2D eigenvalue weighted by molar-refractivity contribution is 6.30. The van der Waals surface area contributed by atoms with Crippen LogP contribution in [0.5, 0.6) is 0 Å². The van der Waals surface area contributed by atoms with Gasteiger partial charge in [-0.05, 0) is 29.8 Å². The number of hydrogen-bond donors (Lipinski definition) is 2. The molecule has 0 aliphatic rings. The van der Waals surface area contributed by atoms with Gasteiger partial charge in [-0.2, -0.15) is 5.10 Å². The first-order valence-corrected chi connectivity index (χ1v) is 6.61. The number of nitrogens with one attached hydrogen (secondary N) is 1. The minimum absolute atomic E-state index is 0.394. The predicted molar refractivity (Wildman–Crippen MR) is 80.2 cm³/mol. The highest BCUT2D eigenvalue weighted by atomic mass is 35.5. The van der Waals surface area contributed by atoms with Gasteiger partial charge in [-0.15, -0.1) is 0 Å². The largest absolute Gasteiger partial charge is 0.325 e. The van der Waals surface area contributed by atoms with Gasteiger partial charge in [-0.25, -0.2) is 0 Å². The second-order valence-corrected chi connectivity index (χ2v) is 4.81. The Balaban J connectivity index is 2.20. The normalized spacial score (nSPS) is 10.7. The SMILES string of the molecule is NCc1[nH]nc(-c2cccc(Cl)c2)c1-c1ccncc1. The van der Waals surface area contributed by atoms with Gasteiger partial charge >= 0.3 is 0 Å². The molecular weight excluding hydrogens is 272 g/mol. The van der Waals surface area contributed by atoms with Gasteiger partial charge < -0.3 is 5.73 Å². The van der Waals surface area contributed by atoms with Crippen LogP contribution in [0.2, 0.25) is 5.02 Å². The highest BCUT2D eigenvalue weighted by Gasteiger charge is 2.15. The van der Waals surface area contributed by atoms with Crippen LogP contribution in [-0.2, 0) is 6.54 Å². The zero-order chi connectivity index (χ0) is 13.9. The second kappa shape index (κ2) is 5.45. The zero-order valence-corrected chi connectivity index (χ0v) is 11.4. The quantitative estimate of drug-likeness (QED) is 0.776. The molecule has 4 nitrogen and oxygen atoms in total. The number of aromatic nitrogens is 3. The molecule has 0 atom stereocenters. The number of H-pyrrole nitrogens is 1. The fourth-order valence-electron chi connectivity index (χ4n) is 2.20. The number of hydrogen-bond acceptors (Lipinski definition) is 3. The molecule has 5 heteroatoms. The number of rotatable bonds is 3. The summed E-state index contributed by atoms with van der Waals surface area (Å²) >= 11 is 6.06. The molecule has 0 aliphatic heterocycles. The molecule has 0 saturated heterocycles. The fraction of sp³-hybridized carbons (Fsp3) is 0.0667. The van der Waals surface area contributed by atoms with E-state index in [0.29, 0.717) is 11.6 Å². The molecule has 3 N–H and O–H groups in total. The number of pyridine rings is 1. The van der Waals surface area contributed by atoms with E-state index in [1.165, 1.54) is 0 Å². The Morgan fingerprint density at radius 1 is 1.10 bits per heavy atom. The van der Waals surface area contributed by atoms with Crippen molar-refractivity contribution in [1.82, 2.24) is 15.2 Å². The van der Waals surface area contributed by atoms with E-state index >= 15 is 0 Å². The number of nitrogens with zero attached hydrogens (tertiary/aromatic N) is 2. The molecule has 0 aliphatic carbocycles. The number of aromatic amines is 1. The molecule has 0 radical (unpaired) electrons. The van der Waals surface area contributed by atoms with E-state index in [1.54, 1.807) is 12.4 Å². The summed E-state index contributed by atoms with van der Waals surface area (Å²) in [7, 11) is 0. The third-order valence-electron chi connectivity index (χ3n) is 3.11. The summed E-state index contributed by atoms with van der Waals surface area (Å²) in [5.74, 6) is 0. The van der Waals surface area contributed by atoms with Crippen LogP contribution < -0.4 is 5.73 Å². The Bertz CT molecular complexity index is 722. The molecule has 100 valence electrons. The molecule has 1 aromatic carbocycles. The molecule has 2 heterocycles. The summed E-state index contributed by atoms with van der Waals surface area (Å²) in [5, 5.41) is 8.07. The highest BCUT2D eigenvalue weighted by Crippen LogP contribution is 2.33. The molecule has 3 aromatic rings. The average Bonchev–Trinajstić information content (AvgIpc) is 2.92. The van der Waals surface area contributed by atoms with Gasteiger partial charge in [0.15, 0.2) is 0 Å². The van der Waals surface area contributed by atoms with Crippen LogP contribution in [0.4, 0.5) is 0 Å². The van der Waals surface area contributed by atoms with Crippen LogP contribution in [0, 0.1) is 0 Å². The summed E-state index contributed by atoms with van der Waals surface area (Å²) < 4.78 is 0. The van der Waals surface area contributed by atoms with Gasteiger partial charge in [-0.3, -0.25) is 10.1 Å². The van der Waals surface area contributed by atoms with Crippen molar-refractivity contribution >= 4 is 11.6 Å². The van der Waals surface area contributed by atoms with E-state index in [-0.39, 0.29) is 0 Å². The van der Waals surface area contributed by atoms with E-state index in [4.69, 9.17) is 17.3 Å². The van der Waals surface area contributed by atoms with Crippen molar-refractivity contribution in [3.63, 3.8) is 0 Å². The Hall–Kier alpha value is -2.17. The van der Waals surface area contributed by atoms with Crippen molar-refractivity contribution in [2.45, 2.75) is 6.54 Å². The van der Waals surface area contributed by atoms with Gasteiger partial charge in [0, 0.05) is 35.1 Å². The lowest BCUT2D eigenvalue weighted by Crippen LogP contribution is -1.98. The Morgan fingerprint density at radius 2 is 1.90 bits per heavy atom. The third kappa shape index (κ3) is 2.31. The maximum absolute atomic E-state index is 6.06. The summed E-state index contributed by atoms with van der Waals surface area (Å²) in [6, 6.07) is 11.5. The van der Waals surface area contributed by atoms with Crippen LogP contribution in [-0.4, -0.2) is 15.2 Å². The predicted octanol–water partition coefficient (Wildman–Crippen LogP) is 3.25. The Morgan fingerprint density at radius 3 is 2.60 bits per heavy atom. The van der Waals surface area contributed by atoms with Crippen molar-refractivity contribution in [1.29, 1.82) is 0 Å². The maximum atomic E-state index is 6.06. The van der Waals surface area contributed by atoms with Gasteiger partial charge in [0.25, 0.3) is 0 Å². The monoisotopic (exact) mass is 284 g/mol. The van der Waals surface area contributed by atoms with Crippen molar-refractivity contribution in [3.05, 3.63) is 59.5 Å². The second-order valence-electron chi connectivity index (χ2n) is 4.38. The van der Waals surface area contributed by atoms with Crippen molar-refractivity contribution in [3.8, 4) is 22.4 Å². The zero-order valence-electron chi connectivity index (χ0n) is 10.7. The lowest BCUT2D eigenvalue weighted by atomic mass is 10.00. The molecule has 0 saturated carbocycles. The van der Waals surface area contributed by atoms with Gasteiger partial charge in [0.2, 0.25) is 0 Å². The Labute approximate surface area is 121 Å². The van der Waals surface area contributed by atoms with Crippen LogP contribution in [0.25, 0.3) is 22.4 Å². The molecule has 2 aromatic heterocycles. The van der Waals surface area contributed by atoms with Gasteiger partial charge in [0.05, 0.1) is 5.69 Å². The van der Waals surface area contributed by atoms with E-state index < -0.39 is 0 Å². The first kappa shape index (κ1) is 12.8. The lowest BCUT2D eigenvalue weighted by molar-refractivity contribution is 0.949. The fourth-order valence-corrected chi connectivity index (χ4v) is 2.39. The first-order chi connectivity index (χ1) is 9.79. The standard InChI is InChI=1S/C15H13ClN4/c16-12-3-1-2-11(8-12)15-14(13(9-17)19-20-15)10-4-6-18-7-5-10/h1-8H,9,17H2,(H,19,20). The van der Waals surface area contributed by atoms with Crippen LogP contribution in [0.15, 0.2) is 48.8 Å². The van der Waals surface area contributed by atoms with E-state index in [0.717, 1.165) is 28.1 Å². The molecule has 0 unspecified atom stereocenters. The minimum atomic E-state index is 0.394. The number of halogens is 1. The van der Waals surface area contributed by atoms with Gasteiger partial charge in [0.1, 0.15) is 5.69 Å². The summed E-state index contributed by atoms with van der Waals surface area (Å²) in [6.07, 6.45) is 3.51. The van der Waals surface area contributed by atoms with Crippen molar-refractivity contribution < 1.29 is 0 Å². The average molecular weight is 285 g/mol. The summed E-state index contributed by atoms with van der Waals surface area (Å²) in [6.45, 7) is 0.394. The summed E-state index contributed by atoms with van der Waals surface area (Å²) in [5.41, 5.74) is 10.5. The number of nitrogens with two attached hydrogens (primary N) is 1. The molecule has 3 rings (SSSR count). The Kier molecular flexibility index (Phi) is 3.50. The molecule has 0 spiro atoms. The van der Waals surface area contributed by atoms with E-state index in [2.05, 4.69) is 15.2 Å². The van der Waals surface area contributed by atoms with Gasteiger partial charge in [-0.1, -0.05) is 23.7 Å². The molecule has 0 bridgehead atoms. The molecule has 0 fully saturated rings. The van der Waals surface area contributed by atoms with Crippen molar-refractivity contribution in [2.75, 3.05) is 0 Å². The van der Waals surface area contributed by atoms with E-state index in [1.807, 2.05) is 36.4 Å². The third-order valence-corrected chi connectivity index (χ3v) is 3.35. The van der Waals surface area contributed by atoms with Crippen molar-refractivity contribution in [2.24, 2.45) is 5.73 Å². The van der Waals surface area contributed by atoms with Crippen LogP contribution in [0.3, 0.4) is 0 Å². The number of benzene rings is 1. The molecule has 0 amide bonds. The first-order valence-electron chi connectivity index (χ1n) is 6.23. The molecular formula is C15H13ClN4. The maximum Gasteiger partial charge on any atom is 0.100 e. The smallest absolute Gasteiger partial charge is 0.100 e. The minimum Gasteiger partial charge on any atom is -0.325 e. The lowest BCUT2D eigenvalue weighted by Gasteiger charge is -2.05. The van der Waals surface area contributed by atoms with E-state index in [9.17, 15) is 0 Å².